The fourth-order valence-electron chi connectivity index (χ4n) is 5.01. The number of nitrogens with two attached hydrogens (primary N) is 1. The third-order valence-corrected chi connectivity index (χ3v) is 6.78. The van der Waals surface area contributed by atoms with Crippen molar-refractivity contribution in [1.29, 1.82) is 0 Å². The van der Waals surface area contributed by atoms with Gasteiger partial charge >= 0.3 is 0 Å². The zero-order chi connectivity index (χ0) is 23.8. The van der Waals surface area contributed by atoms with Crippen molar-refractivity contribution in [1.82, 2.24) is 0 Å². The van der Waals surface area contributed by atoms with E-state index in [0.29, 0.717) is 37.4 Å². The number of rotatable bonds is 5. The molecule has 0 saturated carbocycles. The molecule has 2 unspecified atom stereocenters. The quantitative estimate of drug-likeness (QED) is 0.732. The van der Waals surface area contributed by atoms with Gasteiger partial charge in [-0.05, 0) is 67.8 Å². The fraction of sp³-hybridized carbons (Fsp3) is 0.360. The first-order valence-electron chi connectivity index (χ1n) is 11.5. The third-order valence-electron chi connectivity index (χ3n) is 6.78. The van der Waals surface area contributed by atoms with Gasteiger partial charge in [-0.15, -0.1) is 0 Å². The molecule has 2 fully saturated rings. The van der Waals surface area contributed by atoms with Gasteiger partial charge in [0.05, 0.1) is 12.8 Å². The number of methoxy groups -OCH3 is 1. The maximum absolute atomic E-state index is 13.7. The van der Waals surface area contributed by atoms with E-state index in [4.69, 9.17) is 10.5 Å². The summed E-state index contributed by atoms with van der Waals surface area (Å²) in [6, 6.07) is 14.0. The molecule has 2 N–H and O–H groups in total. The number of carbonyl (C=O) groups is 3. The lowest BCUT2D eigenvalue weighted by atomic mass is 9.94. The minimum Gasteiger partial charge on any atom is -0.497 e. The normalized spacial score (nSPS) is 22.5. The minimum atomic E-state index is -0.659. The number of primary amides is 1. The number of hydrogen-bond acceptors (Lipinski definition) is 6. The summed E-state index contributed by atoms with van der Waals surface area (Å²) in [7, 11) is 1.58. The van der Waals surface area contributed by atoms with Gasteiger partial charge in [0.2, 0.25) is 5.91 Å². The smallest absolute Gasteiger partial charge is 0.265 e. The molecule has 2 atom stereocenters. The Morgan fingerprint density at radius 1 is 1.03 bits per heavy atom. The first-order chi connectivity index (χ1) is 16.5. The number of hydrogen-bond donors (Lipinski definition) is 1. The summed E-state index contributed by atoms with van der Waals surface area (Å²) in [5, 5.41) is 6.06. The summed E-state index contributed by atoms with van der Waals surface area (Å²) in [6.45, 7) is 1.17. The van der Waals surface area contributed by atoms with Gasteiger partial charge in [0.1, 0.15) is 17.5 Å². The number of piperidine rings is 2. The van der Waals surface area contributed by atoms with Crippen LogP contribution < -0.4 is 25.3 Å². The Labute approximate surface area is 197 Å². The molecule has 3 amide bonds. The maximum Gasteiger partial charge on any atom is 0.265 e. The van der Waals surface area contributed by atoms with E-state index in [9.17, 15) is 14.4 Å². The van der Waals surface area contributed by atoms with Crippen molar-refractivity contribution in [2.75, 3.05) is 35.0 Å². The summed E-state index contributed by atoms with van der Waals surface area (Å²) in [5.74, 6) is -0.305. The van der Waals surface area contributed by atoms with E-state index in [2.05, 4.69) is 5.10 Å². The van der Waals surface area contributed by atoms with Crippen molar-refractivity contribution in [3.63, 3.8) is 0 Å². The highest BCUT2D eigenvalue weighted by Gasteiger charge is 2.49. The number of nitrogens with zero attached hydrogens (tertiary/aromatic N) is 4. The summed E-state index contributed by atoms with van der Waals surface area (Å²) in [6.07, 6.45) is 3.05. The number of fused-ring (bicyclic) bond motifs is 1. The first-order valence-corrected chi connectivity index (χ1v) is 11.5. The molecule has 0 radical (unpaired) electrons. The summed E-state index contributed by atoms with van der Waals surface area (Å²) in [4.78, 5) is 41.6. The number of ether oxygens (including phenoxy) is 1. The topological polar surface area (TPSA) is 109 Å². The summed E-state index contributed by atoms with van der Waals surface area (Å²) < 4.78 is 5.23. The van der Waals surface area contributed by atoms with E-state index in [1.54, 1.807) is 46.2 Å². The molecule has 2 aromatic rings. The van der Waals surface area contributed by atoms with Crippen LogP contribution in [0.15, 0.2) is 53.6 Å². The van der Waals surface area contributed by atoms with Crippen molar-refractivity contribution in [3.8, 4) is 5.75 Å². The lowest BCUT2D eigenvalue weighted by Crippen LogP contribution is -2.55. The average molecular weight is 464 g/mol. The maximum atomic E-state index is 13.7. The Kier molecular flexibility index (Phi) is 5.69. The lowest BCUT2D eigenvalue weighted by molar-refractivity contribution is -0.121. The molecule has 9 heteroatoms. The second-order valence-corrected chi connectivity index (χ2v) is 8.74. The van der Waals surface area contributed by atoms with Gasteiger partial charge in [0.15, 0.2) is 0 Å². The lowest BCUT2D eigenvalue weighted by Gasteiger charge is -2.37. The highest BCUT2D eigenvalue weighted by molar-refractivity contribution is 6.41. The summed E-state index contributed by atoms with van der Waals surface area (Å²) in [5.41, 5.74) is 8.11. The predicted octanol–water partition coefficient (Wildman–Crippen LogP) is 2.30. The molecule has 2 aromatic carbocycles. The van der Waals surface area contributed by atoms with Crippen LogP contribution in [-0.4, -0.2) is 49.7 Å². The molecule has 0 aliphatic carbocycles. The van der Waals surface area contributed by atoms with E-state index in [1.807, 2.05) is 24.3 Å². The Hall–Kier alpha value is -3.88. The van der Waals surface area contributed by atoms with Crippen LogP contribution in [0.25, 0.3) is 0 Å². The van der Waals surface area contributed by atoms with Gasteiger partial charge in [-0.25, -0.2) is 0 Å². The van der Waals surface area contributed by atoms with Crippen LogP contribution in [0.1, 0.15) is 25.7 Å². The van der Waals surface area contributed by atoms with Gasteiger partial charge in [-0.2, -0.15) is 5.10 Å². The molecule has 0 bridgehead atoms. The molecule has 34 heavy (non-hydrogen) atoms. The number of benzene rings is 2. The number of anilines is 3. The van der Waals surface area contributed by atoms with Gasteiger partial charge < -0.3 is 20.3 Å². The molecule has 3 aliphatic heterocycles. The first kappa shape index (κ1) is 21.9. The van der Waals surface area contributed by atoms with E-state index in [0.717, 1.165) is 24.2 Å². The van der Waals surface area contributed by atoms with Crippen LogP contribution in [0.5, 0.6) is 5.75 Å². The van der Waals surface area contributed by atoms with Crippen molar-refractivity contribution < 1.29 is 19.1 Å². The molecule has 9 nitrogen and oxygen atoms in total. The van der Waals surface area contributed by atoms with E-state index < -0.39 is 11.9 Å². The van der Waals surface area contributed by atoms with Gasteiger partial charge in [-0.1, -0.05) is 0 Å². The second kappa shape index (κ2) is 8.81. The van der Waals surface area contributed by atoms with Crippen LogP contribution >= 0.6 is 0 Å². The standard InChI is InChI=1S/C25H27N5O4/c1-34-19-11-9-18(10-12-19)30-23-20(22(27-30)24(26)32)13-15-29(25(23)33)17-7-5-16(6-8-17)28-14-3-2-4-21(28)31/h5-12,20,23H,2-4,13-15H2,1H3,(H2,26,32)/i25+2. The Balaban J connectivity index is 1.41. The highest BCUT2D eigenvalue weighted by atomic mass is 16.5. The predicted molar refractivity (Wildman–Crippen MR) is 129 cm³/mol. The number of carbonyl (C=O) groups excluding carboxylic acids is 3. The molecule has 0 aromatic heterocycles. The molecule has 3 aliphatic rings. The Morgan fingerprint density at radius 3 is 2.35 bits per heavy atom. The molecule has 3 heterocycles. The van der Waals surface area contributed by atoms with Crippen LogP contribution in [-0.2, 0) is 14.4 Å². The molecule has 5 rings (SSSR count). The number of amides is 3. The second-order valence-electron chi connectivity index (χ2n) is 8.74. The largest absolute Gasteiger partial charge is 0.497 e. The molecular formula is C25H27N5O4. The van der Waals surface area contributed by atoms with Crippen LogP contribution in [0.4, 0.5) is 17.1 Å². The monoisotopic (exact) mass is 463 g/mol. The summed E-state index contributed by atoms with van der Waals surface area (Å²) >= 11 is 0. The van der Waals surface area contributed by atoms with Crippen LogP contribution in [0.2, 0.25) is 0 Å². The van der Waals surface area contributed by atoms with Crippen molar-refractivity contribution in [3.05, 3.63) is 48.5 Å². The van der Waals surface area contributed by atoms with Crippen LogP contribution in [0.3, 0.4) is 0 Å². The highest BCUT2D eigenvalue weighted by Crippen LogP contribution is 2.37. The van der Waals surface area contributed by atoms with Crippen molar-refractivity contribution in [2.24, 2.45) is 16.8 Å². The van der Waals surface area contributed by atoms with Crippen LogP contribution in [0, 0.1) is 5.92 Å². The molecule has 176 valence electrons. The Bertz CT molecular complexity index is 1140. The average Bonchev–Trinajstić information content (AvgIpc) is 3.26. The van der Waals surface area contributed by atoms with Gasteiger partial charge in [-0.3, -0.25) is 19.4 Å². The van der Waals surface area contributed by atoms with E-state index in [1.165, 1.54) is 0 Å². The van der Waals surface area contributed by atoms with E-state index in [-0.39, 0.29) is 23.4 Å². The number of hydrazone groups is 1. The van der Waals surface area contributed by atoms with Gasteiger partial charge in [0.25, 0.3) is 11.8 Å². The van der Waals surface area contributed by atoms with Crippen molar-refractivity contribution >= 4 is 40.5 Å². The zero-order valence-electron chi connectivity index (χ0n) is 19.0. The van der Waals surface area contributed by atoms with E-state index >= 15 is 0 Å². The fourth-order valence-corrected chi connectivity index (χ4v) is 5.01. The van der Waals surface area contributed by atoms with Crippen molar-refractivity contribution in [2.45, 2.75) is 31.7 Å². The molecule has 2 saturated heterocycles. The third kappa shape index (κ3) is 3.76. The zero-order valence-corrected chi connectivity index (χ0v) is 19.0. The SMILES string of the molecule is COc1ccc(N2N=C(C(N)=O)C3CCN(c4ccc(N5CCCCC5=O)cc4)[14C](=O)C32)cc1. The van der Waals surface area contributed by atoms with Gasteiger partial charge in [0, 0.05) is 36.8 Å². The minimum absolute atomic E-state index is 0.133. The molecule has 0 spiro atoms. The Morgan fingerprint density at radius 2 is 1.71 bits per heavy atom. The molecular weight excluding hydrogens is 436 g/mol.